The van der Waals surface area contributed by atoms with E-state index >= 15 is 0 Å². The molecule has 2 N–H and O–H groups in total. The quantitative estimate of drug-likeness (QED) is 0.568. The molecule has 18 heavy (non-hydrogen) atoms. The summed E-state index contributed by atoms with van der Waals surface area (Å²) in [6.07, 6.45) is 1.40. The lowest BCUT2D eigenvalue weighted by molar-refractivity contribution is -0.144. The van der Waals surface area contributed by atoms with Gasteiger partial charge in [-0.25, -0.2) is 8.42 Å². The highest BCUT2D eigenvalue weighted by molar-refractivity contribution is 7.92. The summed E-state index contributed by atoms with van der Waals surface area (Å²) in [5.41, 5.74) is 5.46. The largest absolute Gasteiger partial charge is 0.468 e. The van der Waals surface area contributed by atoms with Gasteiger partial charge in [-0.3, -0.25) is 4.79 Å². The van der Waals surface area contributed by atoms with Crippen molar-refractivity contribution in [3.05, 3.63) is 0 Å². The molecular formula is C10H18N2O4S2. The van der Waals surface area contributed by atoms with E-state index in [0.29, 0.717) is 25.8 Å². The highest BCUT2D eigenvalue weighted by atomic mass is 32.2. The van der Waals surface area contributed by atoms with E-state index in [1.807, 2.05) is 0 Å². The Morgan fingerprint density at radius 1 is 1.61 bits per heavy atom. The van der Waals surface area contributed by atoms with Crippen molar-refractivity contribution in [3.8, 4) is 0 Å². The van der Waals surface area contributed by atoms with E-state index in [-0.39, 0.29) is 4.99 Å². The van der Waals surface area contributed by atoms with Crippen molar-refractivity contribution < 1.29 is 17.9 Å². The normalized spacial score (nSPS) is 22.7. The van der Waals surface area contributed by atoms with Gasteiger partial charge in [0, 0.05) is 6.54 Å². The first-order valence-electron chi connectivity index (χ1n) is 5.74. The van der Waals surface area contributed by atoms with Crippen molar-refractivity contribution in [2.24, 2.45) is 5.73 Å². The van der Waals surface area contributed by atoms with Crippen LogP contribution < -0.4 is 5.73 Å². The van der Waals surface area contributed by atoms with Gasteiger partial charge < -0.3 is 10.5 Å². The number of nitrogens with zero attached hydrogens (tertiary/aromatic N) is 1. The second-order valence-electron chi connectivity index (χ2n) is 4.14. The van der Waals surface area contributed by atoms with Gasteiger partial charge in [-0.1, -0.05) is 19.1 Å². The van der Waals surface area contributed by atoms with Gasteiger partial charge in [-0.15, -0.1) is 0 Å². The Bertz CT molecular complexity index is 435. The van der Waals surface area contributed by atoms with Gasteiger partial charge in [0.15, 0.2) is 0 Å². The number of ether oxygens (including phenoxy) is 1. The number of hydrogen-bond acceptors (Lipinski definition) is 5. The minimum atomic E-state index is -3.69. The van der Waals surface area contributed by atoms with Crippen molar-refractivity contribution in [2.75, 3.05) is 13.7 Å². The van der Waals surface area contributed by atoms with E-state index in [1.54, 1.807) is 6.92 Å². The third-order valence-corrected chi connectivity index (χ3v) is 5.88. The van der Waals surface area contributed by atoms with Crippen molar-refractivity contribution >= 4 is 33.2 Å². The first-order valence-corrected chi connectivity index (χ1v) is 7.65. The van der Waals surface area contributed by atoms with E-state index in [9.17, 15) is 13.2 Å². The molecule has 1 rings (SSSR count). The van der Waals surface area contributed by atoms with Crippen LogP contribution in [0.15, 0.2) is 0 Å². The molecular weight excluding hydrogens is 276 g/mol. The summed E-state index contributed by atoms with van der Waals surface area (Å²) in [5, 5.41) is -0.919. The predicted molar refractivity (Wildman–Crippen MR) is 71.5 cm³/mol. The number of carbonyl (C=O) groups excluding carboxylic acids is 1. The van der Waals surface area contributed by atoms with Crippen LogP contribution >= 0.6 is 12.2 Å². The summed E-state index contributed by atoms with van der Waals surface area (Å²) in [7, 11) is -2.44. The highest BCUT2D eigenvalue weighted by Gasteiger charge is 2.43. The molecule has 0 aliphatic carbocycles. The second kappa shape index (κ2) is 5.94. The van der Waals surface area contributed by atoms with Crippen LogP contribution in [0, 0.1) is 0 Å². The Kier molecular flexibility index (Phi) is 5.06. The molecule has 0 radical (unpaired) electrons. The van der Waals surface area contributed by atoms with Gasteiger partial charge in [0.25, 0.3) is 0 Å². The van der Waals surface area contributed by atoms with Gasteiger partial charge in [-0.2, -0.15) is 4.31 Å². The summed E-state index contributed by atoms with van der Waals surface area (Å²) in [6.45, 7) is 2.01. The van der Waals surface area contributed by atoms with Gasteiger partial charge in [-0.05, 0) is 19.3 Å². The summed E-state index contributed by atoms with van der Waals surface area (Å²) >= 11 is 4.79. The number of esters is 1. The topological polar surface area (TPSA) is 89.7 Å². The number of sulfonamides is 1. The minimum absolute atomic E-state index is 0.0620. The zero-order valence-electron chi connectivity index (χ0n) is 10.5. The monoisotopic (exact) mass is 294 g/mol. The lowest BCUT2D eigenvalue weighted by atomic mass is 10.2. The van der Waals surface area contributed by atoms with Gasteiger partial charge >= 0.3 is 5.97 Å². The van der Waals surface area contributed by atoms with E-state index < -0.39 is 27.3 Å². The molecule has 0 aromatic heterocycles. The maximum absolute atomic E-state index is 12.4. The van der Waals surface area contributed by atoms with Crippen LogP contribution in [0.3, 0.4) is 0 Å². The Morgan fingerprint density at radius 2 is 2.22 bits per heavy atom. The summed E-state index contributed by atoms with van der Waals surface area (Å²) < 4.78 is 30.6. The smallest absolute Gasteiger partial charge is 0.324 e. The molecule has 2 atom stereocenters. The second-order valence-corrected chi connectivity index (χ2v) is 6.68. The van der Waals surface area contributed by atoms with Crippen molar-refractivity contribution in [1.82, 2.24) is 4.31 Å². The molecule has 0 amide bonds. The molecule has 1 aliphatic rings. The molecule has 1 saturated heterocycles. The average Bonchev–Trinajstić information content (AvgIpc) is 2.77. The Balaban J connectivity index is 3.04. The van der Waals surface area contributed by atoms with E-state index in [4.69, 9.17) is 18.0 Å². The molecule has 104 valence electrons. The number of rotatable bonds is 5. The first kappa shape index (κ1) is 15.3. The molecule has 1 heterocycles. The standard InChI is InChI=1S/C10H18N2O4S2/c1-3-8(9(11)17)18(14,15)12-6-4-5-7(12)10(13)16-2/h7-8H,3-6H2,1-2H3,(H2,11,17). The molecule has 0 spiro atoms. The zero-order chi connectivity index (χ0) is 13.9. The molecule has 8 heteroatoms. The lowest BCUT2D eigenvalue weighted by Gasteiger charge is -2.26. The van der Waals surface area contributed by atoms with Gasteiger partial charge in [0.1, 0.15) is 11.3 Å². The number of hydrogen-bond donors (Lipinski definition) is 1. The van der Waals surface area contributed by atoms with Gasteiger partial charge in [0.05, 0.1) is 12.1 Å². The third kappa shape index (κ3) is 2.81. The number of carbonyl (C=O) groups is 1. The minimum Gasteiger partial charge on any atom is -0.468 e. The van der Waals surface area contributed by atoms with Crippen LogP contribution in [-0.2, 0) is 19.6 Å². The predicted octanol–water partition coefficient (Wildman–Crippen LogP) is 0.0183. The molecule has 1 aliphatic heterocycles. The maximum Gasteiger partial charge on any atom is 0.324 e. The Labute approximate surface area is 113 Å². The van der Waals surface area contributed by atoms with Crippen LogP contribution in [0.5, 0.6) is 0 Å². The SMILES string of the molecule is CCC(C(N)=S)S(=O)(=O)N1CCCC1C(=O)OC. The zero-order valence-corrected chi connectivity index (χ0v) is 12.1. The number of thiocarbonyl (C=S) groups is 1. The van der Waals surface area contributed by atoms with E-state index in [1.165, 1.54) is 11.4 Å². The fraction of sp³-hybridized carbons (Fsp3) is 0.800. The first-order chi connectivity index (χ1) is 8.36. The van der Waals surface area contributed by atoms with Gasteiger partial charge in [0.2, 0.25) is 10.0 Å². The van der Waals surface area contributed by atoms with Crippen molar-refractivity contribution in [1.29, 1.82) is 0 Å². The summed E-state index contributed by atoms with van der Waals surface area (Å²) in [4.78, 5) is 11.5. The van der Waals surface area contributed by atoms with E-state index in [0.717, 1.165) is 0 Å². The fourth-order valence-corrected chi connectivity index (χ4v) is 4.64. The van der Waals surface area contributed by atoms with Crippen LogP contribution in [0.4, 0.5) is 0 Å². The Morgan fingerprint density at radius 3 is 2.67 bits per heavy atom. The summed E-state index contributed by atoms with van der Waals surface area (Å²) in [5.74, 6) is -0.533. The molecule has 0 aromatic carbocycles. The highest BCUT2D eigenvalue weighted by Crippen LogP contribution is 2.25. The van der Waals surface area contributed by atoms with Crippen molar-refractivity contribution in [2.45, 2.75) is 37.5 Å². The fourth-order valence-electron chi connectivity index (χ4n) is 2.14. The number of nitrogens with two attached hydrogens (primary N) is 1. The molecule has 2 unspecified atom stereocenters. The molecule has 0 aromatic rings. The molecule has 6 nitrogen and oxygen atoms in total. The molecule has 0 bridgehead atoms. The summed E-state index contributed by atoms with van der Waals surface area (Å²) in [6, 6.07) is -0.747. The lowest BCUT2D eigenvalue weighted by Crippen LogP contribution is -2.48. The maximum atomic E-state index is 12.4. The van der Waals surface area contributed by atoms with E-state index in [2.05, 4.69) is 4.74 Å². The van der Waals surface area contributed by atoms with Crippen LogP contribution in [-0.4, -0.2) is 48.6 Å². The van der Waals surface area contributed by atoms with Crippen molar-refractivity contribution in [3.63, 3.8) is 0 Å². The van der Waals surface area contributed by atoms with Crippen LogP contribution in [0.25, 0.3) is 0 Å². The van der Waals surface area contributed by atoms with Crippen LogP contribution in [0.2, 0.25) is 0 Å². The van der Waals surface area contributed by atoms with Crippen LogP contribution in [0.1, 0.15) is 26.2 Å². The molecule has 0 saturated carbocycles. The Hall–Kier alpha value is -0.730. The third-order valence-electron chi connectivity index (χ3n) is 3.05. The number of methoxy groups -OCH3 is 1. The average molecular weight is 294 g/mol. The molecule has 1 fully saturated rings.